The molecule has 0 amide bonds. The molecule has 2 nitrogen and oxygen atoms in total. The van der Waals surface area contributed by atoms with Gasteiger partial charge >= 0.3 is 0 Å². The monoisotopic (exact) mass is 290 g/mol. The smallest absolute Gasteiger partial charge is 0.167 e. The highest BCUT2D eigenvalue weighted by Crippen LogP contribution is 2.32. The minimum atomic E-state index is -0.513. The Morgan fingerprint density at radius 3 is 2.43 bits per heavy atom. The zero-order valence-electron chi connectivity index (χ0n) is 13.1. The summed E-state index contributed by atoms with van der Waals surface area (Å²) in [5.41, 5.74) is 3.38. The molecule has 0 heterocycles. The van der Waals surface area contributed by atoms with Gasteiger partial charge in [-0.2, -0.15) is 0 Å². The molecule has 2 N–H and O–H groups in total. The molecule has 0 aromatic heterocycles. The van der Waals surface area contributed by atoms with Crippen molar-refractivity contribution in [3.05, 3.63) is 58.6 Å². The van der Waals surface area contributed by atoms with Gasteiger partial charge in [0, 0.05) is 12.0 Å². The lowest BCUT2D eigenvalue weighted by atomic mass is 9.92. The average Bonchev–Trinajstić information content (AvgIpc) is 2.50. The molecule has 0 saturated heterocycles. The van der Waals surface area contributed by atoms with Crippen LogP contribution in [0.3, 0.4) is 0 Å². The standard InChI is InChI=1S/C16H17FO2.C2H6/c1-10(3-4-11(2)18)12-5-7-14-13(9-12)6-8-15(19)16(14)17;1-2/h3-5,7,9,18-19H,6,8H2,1-2H3;1-2H3/b10-3+,11-4+;. The second kappa shape index (κ2) is 7.67. The van der Waals surface area contributed by atoms with Crippen LogP contribution in [0.1, 0.15) is 50.8 Å². The van der Waals surface area contributed by atoms with E-state index in [2.05, 4.69) is 0 Å². The van der Waals surface area contributed by atoms with Gasteiger partial charge in [-0.05, 0) is 43.0 Å². The molecule has 21 heavy (non-hydrogen) atoms. The molecule has 0 saturated carbocycles. The van der Waals surface area contributed by atoms with Crippen molar-refractivity contribution in [2.75, 3.05) is 0 Å². The maximum atomic E-state index is 13.7. The van der Waals surface area contributed by atoms with Crippen LogP contribution in [0.25, 0.3) is 11.4 Å². The molecule has 3 heteroatoms. The second-order valence-corrected chi connectivity index (χ2v) is 4.79. The SMILES string of the molecule is C/C(O)=C\C=C(/C)c1ccc2c(c1)CCC(O)=C2F.CC. The molecular formula is C18H23FO2. The Morgan fingerprint density at radius 2 is 1.81 bits per heavy atom. The van der Waals surface area contributed by atoms with Gasteiger partial charge in [-0.1, -0.05) is 38.1 Å². The summed E-state index contributed by atoms with van der Waals surface area (Å²) in [5.74, 6) is -0.428. The number of hydrogen-bond acceptors (Lipinski definition) is 2. The molecule has 0 atom stereocenters. The summed E-state index contributed by atoms with van der Waals surface area (Å²) >= 11 is 0. The fraction of sp³-hybridized carbons (Fsp3) is 0.333. The van der Waals surface area contributed by atoms with Gasteiger partial charge in [-0.3, -0.25) is 0 Å². The van der Waals surface area contributed by atoms with Crippen molar-refractivity contribution in [1.82, 2.24) is 0 Å². The van der Waals surface area contributed by atoms with Crippen molar-refractivity contribution < 1.29 is 14.6 Å². The lowest BCUT2D eigenvalue weighted by Crippen LogP contribution is -2.03. The van der Waals surface area contributed by atoms with E-state index in [0.29, 0.717) is 18.4 Å². The van der Waals surface area contributed by atoms with Crippen LogP contribution >= 0.6 is 0 Å². The van der Waals surface area contributed by atoms with Crippen molar-refractivity contribution in [3.8, 4) is 0 Å². The largest absolute Gasteiger partial charge is 0.513 e. The number of rotatable bonds is 2. The number of benzene rings is 1. The first-order valence-electron chi connectivity index (χ1n) is 7.24. The fourth-order valence-electron chi connectivity index (χ4n) is 2.12. The van der Waals surface area contributed by atoms with Gasteiger partial charge in [0.05, 0.1) is 5.76 Å². The van der Waals surface area contributed by atoms with Gasteiger partial charge in [-0.15, -0.1) is 0 Å². The van der Waals surface area contributed by atoms with E-state index in [1.165, 1.54) is 0 Å². The third kappa shape index (κ3) is 4.22. The molecule has 0 spiro atoms. The molecule has 0 radical (unpaired) electrons. The van der Waals surface area contributed by atoms with Crippen LogP contribution in [-0.4, -0.2) is 10.2 Å². The Balaban J connectivity index is 0.00000106. The van der Waals surface area contributed by atoms with E-state index in [0.717, 1.165) is 16.7 Å². The highest BCUT2D eigenvalue weighted by Gasteiger charge is 2.18. The van der Waals surface area contributed by atoms with Crippen LogP contribution in [0.15, 0.2) is 41.9 Å². The van der Waals surface area contributed by atoms with E-state index in [1.54, 1.807) is 19.1 Å². The number of allylic oxidation sites excluding steroid dienone is 5. The van der Waals surface area contributed by atoms with Gasteiger partial charge < -0.3 is 10.2 Å². The highest BCUT2D eigenvalue weighted by atomic mass is 19.1. The molecule has 0 fully saturated rings. The average molecular weight is 290 g/mol. The fourth-order valence-corrected chi connectivity index (χ4v) is 2.12. The van der Waals surface area contributed by atoms with E-state index in [1.807, 2.05) is 39.0 Å². The first-order chi connectivity index (χ1) is 9.99. The van der Waals surface area contributed by atoms with E-state index < -0.39 is 5.83 Å². The maximum Gasteiger partial charge on any atom is 0.167 e. The summed E-state index contributed by atoms with van der Waals surface area (Å²) in [4.78, 5) is 0. The molecule has 0 bridgehead atoms. The Labute approximate surface area is 125 Å². The van der Waals surface area contributed by atoms with Crippen molar-refractivity contribution >= 4 is 11.4 Å². The van der Waals surface area contributed by atoms with Crippen molar-refractivity contribution in [3.63, 3.8) is 0 Å². The van der Waals surface area contributed by atoms with Gasteiger partial charge in [-0.25, -0.2) is 4.39 Å². The first kappa shape index (κ1) is 17.0. The van der Waals surface area contributed by atoms with Crippen molar-refractivity contribution in [2.45, 2.75) is 40.5 Å². The maximum absolute atomic E-state index is 13.7. The Bertz CT molecular complexity index is 591. The van der Waals surface area contributed by atoms with Gasteiger partial charge in [0.15, 0.2) is 5.83 Å². The number of fused-ring (bicyclic) bond motifs is 1. The molecular weight excluding hydrogens is 267 g/mol. The summed E-state index contributed by atoms with van der Waals surface area (Å²) in [6, 6.07) is 5.46. The number of hydrogen-bond donors (Lipinski definition) is 2. The van der Waals surface area contributed by atoms with Crippen molar-refractivity contribution in [1.29, 1.82) is 0 Å². The predicted molar refractivity (Wildman–Crippen MR) is 86.8 cm³/mol. The van der Waals surface area contributed by atoms with Crippen LogP contribution in [-0.2, 0) is 6.42 Å². The molecule has 1 aliphatic rings. The summed E-state index contributed by atoms with van der Waals surface area (Å²) in [5, 5.41) is 18.5. The van der Waals surface area contributed by atoms with Gasteiger partial charge in [0.25, 0.3) is 0 Å². The van der Waals surface area contributed by atoms with E-state index in [-0.39, 0.29) is 11.5 Å². The molecule has 0 unspecified atom stereocenters. The summed E-state index contributed by atoms with van der Waals surface area (Å²) in [6.07, 6.45) is 4.44. The lowest BCUT2D eigenvalue weighted by Gasteiger charge is -2.16. The first-order valence-corrected chi connectivity index (χ1v) is 7.24. The third-order valence-corrected chi connectivity index (χ3v) is 3.26. The number of halogens is 1. The molecule has 0 aliphatic heterocycles. The minimum absolute atomic E-state index is 0.161. The molecule has 1 aromatic rings. The van der Waals surface area contributed by atoms with Crippen LogP contribution < -0.4 is 0 Å². The number of aliphatic hydroxyl groups is 2. The quantitative estimate of drug-likeness (QED) is 0.540. The van der Waals surface area contributed by atoms with Crippen molar-refractivity contribution in [2.24, 2.45) is 0 Å². The number of aryl methyl sites for hydroxylation is 1. The predicted octanol–water partition coefficient (Wildman–Crippen LogP) is 5.72. The van der Waals surface area contributed by atoms with E-state index in [4.69, 9.17) is 5.11 Å². The molecule has 1 aliphatic carbocycles. The Morgan fingerprint density at radius 1 is 1.14 bits per heavy atom. The van der Waals surface area contributed by atoms with Crippen LogP contribution in [0.5, 0.6) is 0 Å². The minimum Gasteiger partial charge on any atom is -0.513 e. The van der Waals surface area contributed by atoms with Crippen LogP contribution in [0.2, 0.25) is 0 Å². The molecule has 1 aromatic carbocycles. The Hall–Kier alpha value is -2.03. The summed E-state index contributed by atoms with van der Waals surface area (Å²) in [6.45, 7) is 7.55. The van der Waals surface area contributed by atoms with Crippen LogP contribution in [0.4, 0.5) is 4.39 Å². The van der Waals surface area contributed by atoms with E-state index >= 15 is 0 Å². The number of aliphatic hydroxyl groups excluding tert-OH is 2. The van der Waals surface area contributed by atoms with Gasteiger partial charge in [0.1, 0.15) is 5.76 Å². The lowest BCUT2D eigenvalue weighted by molar-refractivity contribution is 0.377. The topological polar surface area (TPSA) is 40.5 Å². The van der Waals surface area contributed by atoms with Crippen LogP contribution in [0, 0.1) is 0 Å². The normalized spacial score (nSPS) is 15.3. The summed E-state index contributed by atoms with van der Waals surface area (Å²) < 4.78 is 13.7. The molecule has 2 rings (SSSR count). The Kier molecular flexibility index (Phi) is 6.22. The zero-order chi connectivity index (χ0) is 16.0. The highest BCUT2D eigenvalue weighted by molar-refractivity contribution is 5.72. The zero-order valence-corrected chi connectivity index (χ0v) is 13.1. The second-order valence-electron chi connectivity index (χ2n) is 4.79. The molecule has 114 valence electrons. The van der Waals surface area contributed by atoms with E-state index in [9.17, 15) is 9.50 Å². The summed E-state index contributed by atoms with van der Waals surface area (Å²) in [7, 11) is 0. The van der Waals surface area contributed by atoms with Gasteiger partial charge in [0.2, 0.25) is 0 Å². The third-order valence-electron chi connectivity index (χ3n) is 3.26.